The number of hydrogen-bond acceptors (Lipinski definition) is 4. The van der Waals surface area contributed by atoms with Crippen molar-refractivity contribution in [2.24, 2.45) is 0 Å². The highest BCUT2D eigenvalue weighted by Crippen LogP contribution is 2.29. The van der Waals surface area contributed by atoms with Gasteiger partial charge in [-0.25, -0.2) is 4.98 Å². The number of oxazole rings is 1. The molecule has 1 aromatic heterocycles. The fourth-order valence-corrected chi connectivity index (χ4v) is 3.12. The Bertz CT molecular complexity index is 770. The Kier molecular flexibility index (Phi) is 3.59. The normalized spacial score (nSPS) is 11.1. The highest BCUT2D eigenvalue weighted by molar-refractivity contribution is 7.98. The van der Waals surface area contributed by atoms with Gasteiger partial charge in [0.05, 0.1) is 0 Å². The van der Waals surface area contributed by atoms with Crippen LogP contribution in [0.3, 0.4) is 0 Å². The summed E-state index contributed by atoms with van der Waals surface area (Å²) in [5, 5.41) is 1.40. The van der Waals surface area contributed by atoms with Gasteiger partial charge in [0.15, 0.2) is 5.58 Å². The molecule has 0 saturated carbocycles. The van der Waals surface area contributed by atoms with Crippen molar-refractivity contribution >= 4 is 40.1 Å². The summed E-state index contributed by atoms with van der Waals surface area (Å²) < 4.78 is 5.66. The smallest absolute Gasteiger partial charge is 0.257 e. The van der Waals surface area contributed by atoms with Crippen LogP contribution in [0.15, 0.2) is 46.0 Å². The summed E-state index contributed by atoms with van der Waals surface area (Å²) in [5.41, 5.74) is 10.2. The third-order valence-electron chi connectivity index (χ3n) is 2.95. The highest BCUT2D eigenvalue weighted by atomic mass is 35.5. The number of benzene rings is 2. The summed E-state index contributed by atoms with van der Waals surface area (Å²) in [6.07, 6.45) is 0. The second-order valence-electron chi connectivity index (χ2n) is 4.59. The summed E-state index contributed by atoms with van der Waals surface area (Å²) in [4.78, 5) is 4.41. The third-order valence-corrected chi connectivity index (χ3v) is 4.18. The molecule has 0 aliphatic carbocycles. The molecule has 102 valence electrons. The lowest BCUT2D eigenvalue weighted by Gasteiger charge is -2.02. The fraction of sp³-hybridized carbons (Fsp3) is 0.133. The lowest BCUT2D eigenvalue weighted by Crippen LogP contribution is -1.84. The minimum atomic E-state index is 0.627. The van der Waals surface area contributed by atoms with Crippen LogP contribution in [-0.4, -0.2) is 4.98 Å². The molecule has 0 aliphatic heterocycles. The molecule has 0 atom stereocenters. The molecule has 5 heteroatoms. The second-order valence-corrected chi connectivity index (χ2v) is 5.92. The zero-order chi connectivity index (χ0) is 14.1. The van der Waals surface area contributed by atoms with Gasteiger partial charge < -0.3 is 10.2 Å². The number of fused-ring (bicyclic) bond motifs is 1. The molecule has 1 heterocycles. The number of nitrogens with zero attached hydrogens (tertiary/aromatic N) is 1. The molecule has 0 fully saturated rings. The van der Waals surface area contributed by atoms with Gasteiger partial charge in [0, 0.05) is 16.5 Å². The summed E-state index contributed by atoms with van der Waals surface area (Å²) >= 11 is 7.74. The predicted octanol–water partition coefficient (Wildman–Crippen LogP) is 4.66. The van der Waals surface area contributed by atoms with E-state index in [1.54, 1.807) is 6.07 Å². The molecule has 3 nitrogen and oxygen atoms in total. The number of aromatic nitrogens is 1. The lowest BCUT2D eigenvalue weighted by atomic mass is 10.2. The van der Waals surface area contributed by atoms with E-state index < -0.39 is 0 Å². The Morgan fingerprint density at radius 2 is 2.10 bits per heavy atom. The molecule has 0 spiro atoms. The number of thioether (sulfide) groups is 1. The van der Waals surface area contributed by atoms with Crippen molar-refractivity contribution < 1.29 is 4.42 Å². The topological polar surface area (TPSA) is 52.0 Å². The average Bonchev–Trinajstić information content (AvgIpc) is 2.79. The van der Waals surface area contributed by atoms with E-state index in [-0.39, 0.29) is 0 Å². The Morgan fingerprint density at radius 3 is 2.90 bits per heavy atom. The summed E-state index contributed by atoms with van der Waals surface area (Å²) in [6.45, 7) is 2.02. The van der Waals surface area contributed by atoms with Crippen molar-refractivity contribution in [2.75, 3.05) is 5.73 Å². The third kappa shape index (κ3) is 2.76. The molecule has 0 amide bonds. The van der Waals surface area contributed by atoms with Crippen LogP contribution < -0.4 is 5.73 Å². The van der Waals surface area contributed by atoms with Crippen LogP contribution in [-0.2, 0) is 5.75 Å². The highest BCUT2D eigenvalue weighted by Gasteiger charge is 2.08. The molecule has 0 unspecified atom stereocenters. The summed E-state index contributed by atoms with van der Waals surface area (Å²) in [6, 6.07) is 11.5. The van der Waals surface area contributed by atoms with E-state index in [0.29, 0.717) is 10.9 Å². The van der Waals surface area contributed by atoms with Gasteiger partial charge in [0.25, 0.3) is 5.22 Å². The van der Waals surface area contributed by atoms with Crippen molar-refractivity contribution in [1.82, 2.24) is 4.98 Å². The molecule has 0 saturated heterocycles. The maximum Gasteiger partial charge on any atom is 0.257 e. The first-order valence-corrected chi connectivity index (χ1v) is 7.52. The van der Waals surface area contributed by atoms with Gasteiger partial charge in [-0.15, -0.1) is 0 Å². The van der Waals surface area contributed by atoms with E-state index in [9.17, 15) is 0 Å². The number of nitrogen functional groups attached to an aromatic ring is 1. The Morgan fingerprint density at radius 1 is 1.25 bits per heavy atom. The van der Waals surface area contributed by atoms with E-state index in [4.69, 9.17) is 21.8 Å². The predicted molar refractivity (Wildman–Crippen MR) is 84.2 cm³/mol. The zero-order valence-electron chi connectivity index (χ0n) is 10.9. The van der Waals surface area contributed by atoms with E-state index in [1.807, 2.05) is 31.2 Å². The molecule has 0 aliphatic rings. The molecule has 3 aromatic rings. The molecule has 0 radical (unpaired) electrons. The molecule has 20 heavy (non-hydrogen) atoms. The summed E-state index contributed by atoms with van der Waals surface area (Å²) in [5.74, 6) is 0.724. The zero-order valence-corrected chi connectivity index (χ0v) is 12.5. The maximum absolute atomic E-state index is 6.21. The van der Waals surface area contributed by atoms with Gasteiger partial charge in [-0.3, -0.25) is 0 Å². The van der Waals surface area contributed by atoms with Crippen LogP contribution in [0.1, 0.15) is 11.1 Å². The van der Waals surface area contributed by atoms with E-state index in [0.717, 1.165) is 33.0 Å². The number of aryl methyl sites for hydroxylation is 1. The maximum atomic E-state index is 6.21. The van der Waals surface area contributed by atoms with Crippen molar-refractivity contribution in [3.8, 4) is 0 Å². The van der Waals surface area contributed by atoms with Crippen LogP contribution >= 0.6 is 23.4 Å². The quantitative estimate of drug-likeness (QED) is 0.564. The number of anilines is 1. The first-order valence-electron chi connectivity index (χ1n) is 6.16. The largest absolute Gasteiger partial charge is 0.431 e. The fourth-order valence-electron chi connectivity index (χ4n) is 1.89. The SMILES string of the molecule is Cc1ccc(CSc2nc3cc(N)ccc3o2)c(Cl)c1. The van der Waals surface area contributed by atoms with Crippen molar-refractivity contribution in [3.05, 3.63) is 52.5 Å². The monoisotopic (exact) mass is 304 g/mol. The minimum absolute atomic E-state index is 0.627. The summed E-state index contributed by atoms with van der Waals surface area (Å²) in [7, 11) is 0. The van der Waals surface area contributed by atoms with Crippen LogP contribution in [0.5, 0.6) is 0 Å². The van der Waals surface area contributed by atoms with Crippen LogP contribution in [0.2, 0.25) is 5.02 Å². The van der Waals surface area contributed by atoms with Crippen LogP contribution in [0.25, 0.3) is 11.1 Å². The van der Waals surface area contributed by atoms with Gasteiger partial charge >= 0.3 is 0 Å². The van der Waals surface area contributed by atoms with Crippen molar-refractivity contribution in [2.45, 2.75) is 17.9 Å². The van der Waals surface area contributed by atoms with Gasteiger partial charge in [-0.1, -0.05) is 35.5 Å². The number of halogens is 1. The van der Waals surface area contributed by atoms with Crippen molar-refractivity contribution in [3.63, 3.8) is 0 Å². The Hall–Kier alpha value is -1.65. The molecule has 2 aromatic carbocycles. The van der Waals surface area contributed by atoms with E-state index in [2.05, 4.69) is 11.1 Å². The second kappa shape index (κ2) is 5.38. The van der Waals surface area contributed by atoms with Crippen LogP contribution in [0, 0.1) is 6.92 Å². The van der Waals surface area contributed by atoms with Gasteiger partial charge in [0.2, 0.25) is 0 Å². The average molecular weight is 305 g/mol. The lowest BCUT2D eigenvalue weighted by molar-refractivity contribution is 0.489. The number of hydrogen-bond donors (Lipinski definition) is 1. The molecule has 0 bridgehead atoms. The molecule has 2 N–H and O–H groups in total. The van der Waals surface area contributed by atoms with E-state index >= 15 is 0 Å². The van der Waals surface area contributed by atoms with Gasteiger partial charge in [-0.05, 0) is 42.3 Å². The van der Waals surface area contributed by atoms with Gasteiger partial charge in [0.1, 0.15) is 5.52 Å². The number of rotatable bonds is 3. The molecule has 3 rings (SSSR count). The molecular weight excluding hydrogens is 292 g/mol. The standard InChI is InChI=1S/C15H13ClN2OS/c1-9-2-3-10(12(16)6-9)8-20-15-18-13-7-11(17)4-5-14(13)19-15/h2-7H,8,17H2,1H3. The Labute approximate surface area is 126 Å². The Balaban J connectivity index is 1.79. The van der Waals surface area contributed by atoms with E-state index in [1.165, 1.54) is 11.8 Å². The first kappa shape index (κ1) is 13.3. The van der Waals surface area contributed by atoms with Gasteiger partial charge in [-0.2, -0.15) is 0 Å². The van der Waals surface area contributed by atoms with Crippen LogP contribution in [0.4, 0.5) is 5.69 Å². The molecular formula is C15H13ClN2OS. The minimum Gasteiger partial charge on any atom is -0.431 e. The first-order chi connectivity index (χ1) is 9.61. The number of nitrogens with two attached hydrogens (primary N) is 1. The van der Waals surface area contributed by atoms with Crippen molar-refractivity contribution in [1.29, 1.82) is 0 Å².